The van der Waals surface area contributed by atoms with Gasteiger partial charge in [0.15, 0.2) is 0 Å². The Hall–Kier alpha value is -1.06. The molecule has 0 radical (unpaired) electrons. The summed E-state index contributed by atoms with van der Waals surface area (Å²) in [6.07, 6.45) is 2.76. The van der Waals surface area contributed by atoms with Crippen molar-refractivity contribution >= 4 is 11.8 Å². The minimum Gasteiger partial charge on any atom is -0.351 e. The molecular formula is C13H26N2O2. The van der Waals surface area contributed by atoms with Crippen molar-refractivity contribution in [3.05, 3.63) is 0 Å². The number of hydrogen-bond acceptors (Lipinski definition) is 2. The number of rotatable bonds is 6. The monoisotopic (exact) mass is 242 g/mol. The van der Waals surface area contributed by atoms with Crippen molar-refractivity contribution in [3.8, 4) is 0 Å². The van der Waals surface area contributed by atoms with Crippen molar-refractivity contribution < 1.29 is 9.59 Å². The molecule has 0 saturated carbocycles. The van der Waals surface area contributed by atoms with Crippen LogP contribution in [0.4, 0.5) is 0 Å². The summed E-state index contributed by atoms with van der Waals surface area (Å²) in [4.78, 5) is 22.0. The number of amides is 2. The molecule has 0 aliphatic rings. The highest BCUT2D eigenvalue weighted by molar-refractivity contribution is 5.74. The van der Waals surface area contributed by atoms with Crippen LogP contribution in [-0.4, -0.2) is 22.9 Å². The normalized spacial score (nSPS) is 12.1. The van der Waals surface area contributed by atoms with Gasteiger partial charge in [-0.05, 0) is 47.0 Å². The highest BCUT2D eigenvalue weighted by Gasteiger charge is 2.22. The van der Waals surface area contributed by atoms with E-state index in [1.54, 1.807) is 0 Å². The van der Waals surface area contributed by atoms with Gasteiger partial charge >= 0.3 is 0 Å². The molecule has 0 aromatic heterocycles. The van der Waals surface area contributed by atoms with Crippen molar-refractivity contribution in [2.24, 2.45) is 0 Å². The van der Waals surface area contributed by atoms with Gasteiger partial charge in [0.25, 0.3) is 0 Å². The molecule has 0 aliphatic carbocycles. The van der Waals surface area contributed by atoms with Gasteiger partial charge in [0.1, 0.15) is 0 Å². The largest absolute Gasteiger partial charge is 0.351 e. The summed E-state index contributed by atoms with van der Waals surface area (Å²) in [6.45, 7) is 11.1. The molecule has 0 bridgehead atoms. The Bertz CT molecular complexity index is 255. The molecule has 4 heteroatoms. The second kappa shape index (κ2) is 6.03. The maximum absolute atomic E-state index is 11.0. The summed E-state index contributed by atoms with van der Waals surface area (Å²) in [7, 11) is 0. The molecule has 4 nitrogen and oxygen atoms in total. The molecule has 0 unspecified atom stereocenters. The molecule has 0 aromatic rings. The third-order valence-corrected chi connectivity index (χ3v) is 2.63. The van der Waals surface area contributed by atoms with E-state index in [2.05, 4.69) is 10.6 Å². The van der Waals surface area contributed by atoms with Crippen LogP contribution in [0.15, 0.2) is 0 Å². The molecule has 2 N–H and O–H groups in total. The Labute approximate surface area is 105 Å². The third kappa shape index (κ3) is 8.72. The van der Waals surface area contributed by atoms with E-state index < -0.39 is 0 Å². The number of nitrogens with one attached hydrogen (secondary N) is 2. The Morgan fingerprint density at radius 2 is 1.12 bits per heavy atom. The van der Waals surface area contributed by atoms with E-state index in [1.807, 2.05) is 27.7 Å². The van der Waals surface area contributed by atoms with Gasteiger partial charge in [-0.2, -0.15) is 0 Å². The average Bonchev–Trinajstić information content (AvgIpc) is 1.96. The predicted molar refractivity (Wildman–Crippen MR) is 69.6 cm³/mol. The van der Waals surface area contributed by atoms with Gasteiger partial charge in [-0.1, -0.05) is 0 Å². The second-order valence-corrected chi connectivity index (χ2v) is 5.98. The first kappa shape index (κ1) is 15.9. The summed E-state index contributed by atoms with van der Waals surface area (Å²) in [5.74, 6) is -0.00718. The molecule has 0 aromatic carbocycles. The zero-order valence-electron chi connectivity index (χ0n) is 11.9. The van der Waals surface area contributed by atoms with Crippen molar-refractivity contribution in [3.63, 3.8) is 0 Å². The second-order valence-electron chi connectivity index (χ2n) is 5.98. The maximum atomic E-state index is 11.0. The molecule has 0 spiro atoms. The first-order chi connectivity index (χ1) is 7.54. The number of carbonyl (C=O) groups excluding carboxylic acids is 2. The summed E-state index contributed by atoms with van der Waals surface area (Å²) < 4.78 is 0. The zero-order chi connectivity index (χ0) is 13.7. The van der Waals surface area contributed by atoms with Gasteiger partial charge in [-0.3, -0.25) is 9.59 Å². The van der Waals surface area contributed by atoms with Crippen molar-refractivity contribution in [2.75, 3.05) is 0 Å². The van der Waals surface area contributed by atoms with Crippen LogP contribution in [0.5, 0.6) is 0 Å². The quantitative estimate of drug-likeness (QED) is 0.748. The van der Waals surface area contributed by atoms with Crippen LogP contribution >= 0.6 is 0 Å². The van der Waals surface area contributed by atoms with Crippen LogP contribution in [-0.2, 0) is 9.59 Å². The molecule has 2 amide bonds. The first-order valence-electron chi connectivity index (χ1n) is 6.12. The lowest BCUT2D eigenvalue weighted by atomic mass is 9.91. The zero-order valence-corrected chi connectivity index (χ0v) is 11.9. The molecule has 0 heterocycles. The van der Waals surface area contributed by atoms with E-state index in [1.165, 1.54) is 13.8 Å². The minimum atomic E-state index is -0.182. The van der Waals surface area contributed by atoms with E-state index in [-0.39, 0.29) is 22.9 Å². The molecule has 0 rings (SSSR count). The summed E-state index contributed by atoms with van der Waals surface area (Å²) in [5.41, 5.74) is -0.365. The SMILES string of the molecule is CC(=O)NC(C)(C)CCCC(C)(C)NC(C)=O. The minimum absolute atomic E-state index is 0.00359. The third-order valence-electron chi connectivity index (χ3n) is 2.63. The molecular weight excluding hydrogens is 216 g/mol. The number of hydrogen-bond donors (Lipinski definition) is 2. The van der Waals surface area contributed by atoms with Crippen molar-refractivity contribution in [1.82, 2.24) is 10.6 Å². The van der Waals surface area contributed by atoms with E-state index in [9.17, 15) is 9.59 Å². The van der Waals surface area contributed by atoms with E-state index in [0.717, 1.165) is 19.3 Å². The fourth-order valence-electron chi connectivity index (χ4n) is 2.05. The van der Waals surface area contributed by atoms with Gasteiger partial charge in [0.05, 0.1) is 0 Å². The highest BCUT2D eigenvalue weighted by Crippen LogP contribution is 2.18. The van der Waals surface area contributed by atoms with E-state index in [0.29, 0.717) is 0 Å². The van der Waals surface area contributed by atoms with Crippen LogP contribution in [0.25, 0.3) is 0 Å². The smallest absolute Gasteiger partial charge is 0.217 e. The van der Waals surface area contributed by atoms with Crippen LogP contribution < -0.4 is 10.6 Å². The molecule has 0 fully saturated rings. The fraction of sp³-hybridized carbons (Fsp3) is 0.846. The number of carbonyl (C=O) groups is 2. The summed E-state index contributed by atoms with van der Waals surface area (Å²) in [6, 6.07) is 0. The summed E-state index contributed by atoms with van der Waals surface area (Å²) in [5, 5.41) is 5.84. The highest BCUT2D eigenvalue weighted by atomic mass is 16.2. The van der Waals surface area contributed by atoms with Gasteiger partial charge in [-0.15, -0.1) is 0 Å². The van der Waals surface area contributed by atoms with Gasteiger partial charge in [0.2, 0.25) is 11.8 Å². The van der Waals surface area contributed by atoms with Gasteiger partial charge < -0.3 is 10.6 Å². The molecule has 0 aliphatic heterocycles. The molecule has 0 atom stereocenters. The topological polar surface area (TPSA) is 58.2 Å². The standard InChI is InChI=1S/C13H26N2O2/c1-10(16)14-12(3,4)8-7-9-13(5,6)15-11(2)17/h7-9H2,1-6H3,(H,14,16)(H,15,17). The van der Waals surface area contributed by atoms with Crippen LogP contribution in [0.2, 0.25) is 0 Å². The van der Waals surface area contributed by atoms with Crippen LogP contribution in [0.3, 0.4) is 0 Å². The van der Waals surface area contributed by atoms with Crippen LogP contribution in [0, 0.1) is 0 Å². The van der Waals surface area contributed by atoms with Crippen LogP contribution in [0.1, 0.15) is 60.8 Å². The summed E-state index contributed by atoms with van der Waals surface area (Å²) >= 11 is 0. The van der Waals surface area contributed by atoms with E-state index in [4.69, 9.17) is 0 Å². The molecule has 0 saturated heterocycles. The Kier molecular flexibility index (Phi) is 5.66. The van der Waals surface area contributed by atoms with Crippen molar-refractivity contribution in [1.29, 1.82) is 0 Å². The van der Waals surface area contributed by atoms with Gasteiger partial charge in [-0.25, -0.2) is 0 Å². The fourth-order valence-corrected chi connectivity index (χ4v) is 2.05. The average molecular weight is 242 g/mol. The lowest BCUT2D eigenvalue weighted by Crippen LogP contribution is -2.44. The Morgan fingerprint density at radius 1 is 0.824 bits per heavy atom. The lowest BCUT2D eigenvalue weighted by Gasteiger charge is -2.29. The van der Waals surface area contributed by atoms with Gasteiger partial charge in [0, 0.05) is 24.9 Å². The first-order valence-corrected chi connectivity index (χ1v) is 6.12. The van der Waals surface area contributed by atoms with Crippen molar-refractivity contribution in [2.45, 2.75) is 71.9 Å². The molecule has 100 valence electrons. The Balaban J connectivity index is 4.05. The molecule has 17 heavy (non-hydrogen) atoms. The Morgan fingerprint density at radius 3 is 1.35 bits per heavy atom. The lowest BCUT2D eigenvalue weighted by molar-refractivity contribution is -0.121. The van der Waals surface area contributed by atoms with E-state index >= 15 is 0 Å². The maximum Gasteiger partial charge on any atom is 0.217 e. The predicted octanol–water partition coefficient (Wildman–Crippen LogP) is 1.99.